The van der Waals surface area contributed by atoms with Gasteiger partial charge in [-0.25, -0.2) is 0 Å². The van der Waals surface area contributed by atoms with Crippen LogP contribution >= 0.6 is 34.0 Å². The Balaban J connectivity index is 1.91. The van der Waals surface area contributed by atoms with Gasteiger partial charge in [-0.05, 0) is 50.2 Å². The van der Waals surface area contributed by atoms with Crippen LogP contribution < -0.4 is 0 Å². The van der Waals surface area contributed by atoms with Gasteiger partial charge in [0.25, 0.3) is 0 Å². The predicted molar refractivity (Wildman–Crippen MR) is 91.0 cm³/mol. The van der Waals surface area contributed by atoms with E-state index in [9.17, 15) is 9.59 Å². The Hall–Kier alpha value is -1.56. The van der Waals surface area contributed by atoms with Gasteiger partial charge in [-0.15, -0.1) is 34.0 Å². The van der Waals surface area contributed by atoms with E-state index in [-0.39, 0.29) is 11.6 Å². The molecule has 0 aliphatic heterocycles. The van der Waals surface area contributed by atoms with Gasteiger partial charge in [-0.2, -0.15) is 0 Å². The van der Waals surface area contributed by atoms with Crippen LogP contribution in [0.5, 0.6) is 0 Å². The number of thiophene rings is 3. The lowest BCUT2D eigenvalue weighted by Crippen LogP contribution is -1.83. The molecule has 0 unspecified atom stereocenters. The monoisotopic (exact) mass is 332 g/mol. The van der Waals surface area contributed by atoms with Crippen LogP contribution in [0, 0.1) is 0 Å². The number of ketones is 2. The van der Waals surface area contributed by atoms with E-state index in [1.54, 1.807) is 25.2 Å². The van der Waals surface area contributed by atoms with E-state index in [1.807, 2.05) is 24.3 Å². The molecule has 5 heteroatoms. The summed E-state index contributed by atoms with van der Waals surface area (Å²) in [7, 11) is 0. The van der Waals surface area contributed by atoms with E-state index in [0.29, 0.717) is 0 Å². The molecule has 106 valence electrons. The van der Waals surface area contributed by atoms with Gasteiger partial charge in [-0.3, -0.25) is 9.59 Å². The number of Topliss-reactive ketones (excluding diaryl/α,β-unsaturated/α-hetero) is 2. The highest BCUT2D eigenvalue weighted by Gasteiger charge is 2.11. The number of carbonyl (C=O) groups is 2. The van der Waals surface area contributed by atoms with Gasteiger partial charge >= 0.3 is 0 Å². The summed E-state index contributed by atoms with van der Waals surface area (Å²) >= 11 is 4.73. The van der Waals surface area contributed by atoms with Crippen molar-refractivity contribution in [1.29, 1.82) is 0 Å². The predicted octanol–water partition coefficient (Wildman–Crippen LogP) is 5.61. The Morgan fingerprint density at radius 3 is 1.29 bits per heavy atom. The van der Waals surface area contributed by atoms with Gasteiger partial charge < -0.3 is 0 Å². The van der Waals surface area contributed by atoms with Crippen molar-refractivity contribution in [3.8, 4) is 19.5 Å². The second-order valence-corrected chi connectivity index (χ2v) is 7.86. The minimum atomic E-state index is 0.104. The average molecular weight is 332 g/mol. The molecule has 0 spiro atoms. The lowest BCUT2D eigenvalue weighted by atomic mass is 10.3. The molecule has 21 heavy (non-hydrogen) atoms. The maximum Gasteiger partial charge on any atom is 0.169 e. The summed E-state index contributed by atoms with van der Waals surface area (Å²) in [5, 5.41) is 0. The molecule has 0 fully saturated rings. The third kappa shape index (κ3) is 2.90. The Morgan fingerprint density at radius 1 is 0.619 bits per heavy atom. The van der Waals surface area contributed by atoms with E-state index in [4.69, 9.17) is 0 Å². The van der Waals surface area contributed by atoms with Gasteiger partial charge in [0.15, 0.2) is 11.6 Å². The molecule has 0 atom stereocenters. The van der Waals surface area contributed by atoms with Gasteiger partial charge in [0, 0.05) is 19.5 Å². The molecule has 0 amide bonds. The molecule has 3 aromatic rings. The first-order chi connectivity index (χ1) is 10.0. The van der Waals surface area contributed by atoms with Crippen LogP contribution in [0.2, 0.25) is 0 Å². The lowest BCUT2D eigenvalue weighted by Gasteiger charge is -1.91. The second-order valence-electron chi connectivity index (χ2n) is 4.60. The molecule has 0 bridgehead atoms. The quantitative estimate of drug-likeness (QED) is 0.582. The Morgan fingerprint density at radius 2 is 0.952 bits per heavy atom. The summed E-state index contributed by atoms with van der Waals surface area (Å²) < 4.78 is 0. The molecule has 0 aromatic carbocycles. The highest BCUT2D eigenvalue weighted by Crippen LogP contribution is 2.39. The highest BCUT2D eigenvalue weighted by atomic mass is 32.1. The largest absolute Gasteiger partial charge is 0.294 e. The van der Waals surface area contributed by atoms with Crippen LogP contribution in [-0.2, 0) is 0 Å². The van der Waals surface area contributed by atoms with Crippen LogP contribution in [0.25, 0.3) is 19.5 Å². The first kappa shape index (κ1) is 14.4. The fourth-order valence-electron chi connectivity index (χ4n) is 1.92. The van der Waals surface area contributed by atoms with E-state index in [1.165, 1.54) is 22.7 Å². The molecular formula is C16H12O2S3. The Labute approximate surface area is 134 Å². The van der Waals surface area contributed by atoms with Crippen molar-refractivity contribution in [2.75, 3.05) is 0 Å². The lowest BCUT2D eigenvalue weighted by molar-refractivity contribution is 0.101. The van der Waals surface area contributed by atoms with Crippen molar-refractivity contribution in [3.05, 3.63) is 46.2 Å². The summed E-state index contributed by atoms with van der Waals surface area (Å²) in [6, 6.07) is 11.9. The first-order valence-corrected chi connectivity index (χ1v) is 8.81. The zero-order valence-electron chi connectivity index (χ0n) is 11.5. The summed E-state index contributed by atoms with van der Waals surface area (Å²) in [5.41, 5.74) is 0. The van der Waals surface area contributed by atoms with Crippen molar-refractivity contribution in [1.82, 2.24) is 0 Å². The van der Waals surface area contributed by atoms with E-state index in [2.05, 4.69) is 12.1 Å². The Bertz CT molecular complexity index is 753. The minimum absolute atomic E-state index is 0.104. The van der Waals surface area contributed by atoms with Gasteiger partial charge in [-0.1, -0.05) is 0 Å². The van der Waals surface area contributed by atoms with Gasteiger partial charge in [0.1, 0.15) is 0 Å². The smallest absolute Gasteiger partial charge is 0.169 e. The topological polar surface area (TPSA) is 34.1 Å². The molecule has 3 heterocycles. The second kappa shape index (κ2) is 5.67. The standard InChI is InChI=1S/C16H12O2S3/c1-9(17)11-3-5-13(19-11)15-7-8-16(21-15)14-6-4-12(20-14)10(2)18/h3-8H,1-2H3. The van der Waals surface area contributed by atoms with Crippen molar-refractivity contribution in [2.45, 2.75) is 13.8 Å². The van der Waals surface area contributed by atoms with Crippen LogP contribution in [0.15, 0.2) is 36.4 Å². The SMILES string of the molecule is CC(=O)c1ccc(-c2ccc(-c3ccc(C(C)=O)s3)s2)s1. The van der Waals surface area contributed by atoms with E-state index >= 15 is 0 Å². The summed E-state index contributed by atoms with van der Waals surface area (Å²) in [6.07, 6.45) is 0. The maximum atomic E-state index is 11.4. The third-order valence-electron chi connectivity index (χ3n) is 3.00. The van der Waals surface area contributed by atoms with E-state index < -0.39 is 0 Å². The number of hydrogen-bond donors (Lipinski definition) is 0. The normalized spacial score (nSPS) is 10.8. The molecule has 0 saturated carbocycles. The van der Waals surface area contributed by atoms with E-state index in [0.717, 1.165) is 29.3 Å². The van der Waals surface area contributed by atoms with Crippen molar-refractivity contribution in [2.24, 2.45) is 0 Å². The minimum Gasteiger partial charge on any atom is -0.294 e. The van der Waals surface area contributed by atoms with Gasteiger partial charge in [0.2, 0.25) is 0 Å². The average Bonchev–Trinajstić information content (AvgIpc) is 3.18. The van der Waals surface area contributed by atoms with Gasteiger partial charge in [0.05, 0.1) is 9.75 Å². The zero-order valence-corrected chi connectivity index (χ0v) is 14.0. The molecule has 2 nitrogen and oxygen atoms in total. The Kier molecular flexibility index (Phi) is 3.89. The molecule has 0 saturated heterocycles. The van der Waals surface area contributed by atoms with Crippen LogP contribution in [0.4, 0.5) is 0 Å². The van der Waals surface area contributed by atoms with Crippen molar-refractivity contribution < 1.29 is 9.59 Å². The fourth-order valence-corrected chi connectivity index (χ4v) is 4.91. The maximum absolute atomic E-state index is 11.4. The molecule has 0 aliphatic carbocycles. The molecule has 3 rings (SSSR count). The van der Waals surface area contributed by atoms with Crippen LogP contribution in [0.1, 0.15) is 33.2 Å². The first-order valence-electron chi connectivity index (χ1n) is 6.37. The van der Waals surface area contributed by atoms with Crippen LogP contribution in [0.3, 0.4) is 0 Å². The van der Waals surface area contributed by atoms with Crippen molar-refractivity contribution >= 4 is 45.6 Å². The summed E-state index contributed by atoms with van der Waals surface area (Å²) in [5.74, 6) is 0.208. The molecule has 0 radical (unpaired) electrons. The van der Waals surface area contributed by atoms with Crippen molar-refractivity contribution in [3.63, 3.8) is 0 Å². The number of hydrogen-bond acceptors (Lipinski definition) is 5. The number of rotatable bonds is 4. The summed E-state index contributed by atoms with van der Waals surface area (Å²) in [4.78, 5) is 28.8. The molecule has 0 aliphatic rings. The fraction of sp³-hybridized carbons (Fsp3) is 0.125. The summed E-state index contributed by atoms with van der Waals surface area (Å²) in [6.45, 7) is 3.18. The zero-order chi connectivity index (χ0) is 15.0. The molecule has 3 aromatic heterocycles. The molecule has 0 N–H and O–H groups in total. The number of carbonyl (C=O) groups excluding carboxylic acids is 2. The third-order valence-corrected chi connectivity index (χ3v) is 6.85. The highest BCUT2D eigenvalue weighted by molar-refractivity contribution is 7.27. The van der Waals surface area contributed by atoms with Crippen LogP contribution in [-0.4, -0.2) is 11.6 Å². The molecular weight excluding hydrogens is 320 g/mol.